The van der Waals surface area contributed by atoms with Gasteiger partial charge in [0.15, 0.2) is 0 Å². The van der Waals surface area contributed by atoms with Crippen LogP contribution in [0.1, 0.15) is 46.0 Å². The van der Waals surface area contributed by atoms with Gasteiger partial charge in [-0.2, -0.15) is 0 Å². The van der Waals surface area contributed by atoms with Gasteiger partial charge in [-0.05, 0) is 19.8 Å². The molecule has 0 aliphatic heterocycles. The Bertz CT molecular complexity index is 242. The average molecular weight is 256 g/mol. The number of nitrogens with one attached hydrogen (secondary N) is 1. The molecule has 0 fully saturated rings. The first-order chi connectivity index (χ1) is 7.02. The molecule has 0 radical (unpaired) electrons. The lowest BCUT2D eigenvalue weighted by atomic mass is 10.1. The van der Waals surface area contributed by atoms with E-state index in [2.05, 4.69) is 11.6 Å². The molecule has 5 heteroatoms. The first-order valence-electron chi connectivity index (χ1n) is 5.57. The molecule has 0 aromatic carbocycles. The molecule has 92 valence electrons. The van der Waals surface area contributed by atoms with Crippen LogP contribution >= 0.6 is 11.6 Å². The summed E-state index contributed by atoms with van der Waals surface area (Å²) >= 11 is 5.45. The molecular weight excluding hydrogens is 234 g/mol. The van der Waals surface area contributed by atoms with Gasteiger partial charge in [0, 0.05) is 11.9 Å². The third-order valence-electron chi connectivity index (χ3n) is 2.17. The van der Waals surface area contributed by atoms with Crippen LogP contribution in [0.3, 0.4) is 0 Å². The largest absolute Gasteiger partial charge is 0.212 e. The smallest absolute Gasteiger partial charge is 0.211 e. The Balaban J connectivity index is 3.78. The molecule has 0 spiro atoms. The van der Waals surface area contributed by atoms with Crippen molar-refractivity contribution in [1.29, 1.82) is 0 Å². The van der Waals surface area contributed by atoms with E-state index in [9.17, 15) is 8.42 Å². The summed E-state index contributed by atoms with van der Waals surface area (Å²) in [6.45, 7) is 4.04. The maximum atomic E-state index is 11.5. The van der Waals surface area contributed by atoms with Crippen molar-refractivity contribution in [2.45, 2.75) is 52.0 Å². The zero-order chi connectivity index (χ0) is 11.7. The van der Waals surface area contributed by atoms with Gasteiger partial charge in [-0.1, -0.05) is 26.2 Å². The van der Waals surface area contributed by atoms with E-state index in [1.165, 1.54) is 0 Å². The normalized spacial score (nSPS) is 14.1. The van der Waals surface area contributed by atoms with Gasteiger partial charge in [-0.15, -0.1) is 11.6 Å². The molecule has 0 aromatic heterocycles. The standard InChI is InChI=1S/C10H22ClNO2S/c1-3-4-5-7-10(2)12-15(13,14)9-6-8-11/h10,12H,3-9H2,1-2H3. The van der Waals surface area contributed by atoms with Crippen molar-refractivity contribution in [2.75, 3.05) is 11.6 Å². The van der Waals surface area contributed by atoms with E-state index in [4.69, 9.17) is 11.6 Å². The number of halogens is 1. The van der Waals surface area contributed by atoms with E-state index in [1.807, 2.05) is 6.92 Å². The van der Waals surface area contributed by atoms with Gasteiger partial charge in [0.05, 0.1) is 5.75 Å². The molecule has 1 unspecified atom stereocenters. The fourth-order valence-electron chi connectivity index (χ4n) is 1.37. The van der Waals surface area contributed by atoms with Gasteiger partial charge in [-0.25, -0.2) is 13.1 Å². The van der Waals surface area contributed by atoms with E-state index in [-0.39, 0.29) is 11.8 Å². The minimum absolute atomic E-state index is 0.0388. The maximum absolute atomic E-state index is 11.5. The summed E-state index contributed by atoms with van der Waals surface area (Å²) in [5.74, 6) is 0.528. The summed E-state index contributed by atoms with van der Waals surface area (Å²) in [6, 6.07) is 0.0388. The average Bonchev–Trinajstić information content (AvgIpc) is 2.14. The van der Waals surface area contributed by atoms with Gasteiger partial charge in [0.25, 0.3) is 0 Å². The fraction of sp³-hybridized carbons (Fsp3) is 1.00. The molecular formula is C10H22ClNO2S. The zero-order valence-electron chi connectivity index (χ0n) is 9.63. The van der Waals surface area contributed by atoms with Crippen molar-refractivity contribution in [3.8, 4) is 0 Å². The van der Waals surface area contributed by atoms with Crippen LogP contribution in [0.25, 0.3) is 0 Å². The Morgan fingerprint density at radius 3 is 2.47 bits per heavy atom. The second-order valence-corrected chi connectivity index (χ2v) is 6.13. The molecule has 0 saturated carbocycles. The quantitative estimate of drug-likeness (QED) is 0.508. The highest BCUT2D eigenvalue weighted by Crippen LogP contribution is 2.04. The minimum Gasteiger partial charge on any atom is -0.212 e. The predicted octanol–water partition coefficient (Wildman–Crippen LogP) is 2.50. The number of hydrogen-bond acceptors (Lipinski definition) is 2. The van der Waals surface area contributed by atoms with Crippen LogP contribution in [0, 0.1) is 0 Å². The highest BCUT2D eigenvalue weighted by molar-refractivity contribution is 7.89. The monoisotopic (exact) mass is 255 g/mol. The molecule has 1 atom stereocenters. The molecule has 0 saturated heterocycles. The van der Waals surface area contributed by atoms with Crippen molar-refractivity contribution < 1.29 is 8.42 Å². The summed E-state index contributed by atoms with van der Waals surface area (Å²) in [5.41, 5.74) is 0. The highest BCUT2D eigenvalue weighted by Gasteiger charge is 2.13. The predicted molar refractivity (Wildman–Crippen MR) is 65.9 cm³/mol. The Kier molecular flexibility index (Phi) is 8.47. The van der Waals surface area contributed by atoms with Crippen molar-refractivity contribution in [2.24, 2.45) is 0 Å². The summed E-state index contributed by atoms with van der Waals surface area (Å²) < 4.78 is 25.6. The Labute approximate surface area is 98.6 Å². The molecule has 0 heterocycles. The lowest BCUT2D eigenvalue weighted by Gasteiger charge is -2.13. The molecule has 0 aromatic rings. The summed E-state index contributed by atoms with van der Waals surface area (Å²) in [5, 5.41) is 0. The Morgan fingerprint density at radius 1 is 1.27 bits per heavy atom. The van der Waals surface area contributed by atoms with Gasteiger partial charge in [-0.3, -0.25) is 0 Å². The molecule has 0 aliphatic carbocycles. The van der Waals surface area contributed by atoms with Crippen LogP contribution in [0.4, 0.5) is 0 Å². The number of sulfonamides is 1. The third kappa shape index (κ3) is 9.15. The van der Waals surface area contributed by atoms with Gasteiger partial charge < -0.3 is 0 Å². The minimum atomic E-state index is -3.11. The van der Waals surface area contributed by atoms with E-state index in [1.54, 1.807) is 0 Å². The fourth-order valence-corrected chi connectivity index (χ4v) is 3.03. The van der Waals surface area contributed by atoms with E-state index < -0.39 is 10.0 Å². The molecule has 0 amide bonds. The molecule has 1 N–H and O–H groups in total. The first-order valence-corrected chi connectivity index (χ1v) is 7.76. The van der Waals surface area contributed by atoms with Crippen LogP contribution in [-0.2, 0) is 10.0 Å². The number of rotatable bonds is 9. The zero-order valence-corrected chi connectivity index (χ0v) is 11.2. The Morgan fingerprint density at radius 2 is 1.93 bits per heavy atom. The molecule has 0 rings (SSSR count). The topological polar surface area (TPSA) is 46.2 Å². The number of alkyl halides is 1. The maximum Gasteiger partial charge on any atom is 0.211 e. The second kappa shape index (κ2) is 8.36. The van der Waals surface area contributed by atoms with Crippen LogP contribution in [-0.4, -0.2) is 26.1 Å². The van der Waals surface area contributed by atoms with Gasteiger partial charge in [0.1, 0.15) is 0 Å². The van der Waals surface area contributed by atoms with E-state index in [0.29, 0.717) is 12.3 Å². The van der Waals surface area contributed by atoms with E-state index >= 15 is 0 Å². The lowest BCUT2D eigenvalue weighted by Crippen LogP contribution is -2.34. The molecule has 0 bridgehead atoms. The summed E-state index contributed by atoms with van der Waals surface area (Å²) in [4.78, 5) is 0. The number of unbranched alkanes of at least 4 members (excludes halogenated alkanes) is 2. The third-order valence-corrected chi connectivity index (χ3v) is 4.02. The van der Waals surface area contributed by atoms with Crippen LogP contribution in [0.15, 0.2) is 0 Å². The molecule has 15 heavy (non-hydrogen) atoms. The van der Waals surface area contributed by atoms with Crippen LogP contribution < -0.4 is 4.72 Å². The van der Waals surface area contributed by atoms with Crippen LogP contribution in [0.2, 0.25) is 0 Å². The molecule has 0 aliphatic rings. The number of hydrogen-bond donors (Lipinski definition) is 1. The Hall–Kier alpha value is 0.200. The van der Waals surface area contributed by atoms with E-state index in [0.717, 1.165) is 25.7 Å². The van der Waals surface area contributed by atoms with Crippen molar-refractivity contribution >= 4 is 21.6 Å². The van der Waals surface area contributed by atoms with Gasteiger partial charge >= 0.3 is 0 Å². The highest BCUT2D eigenvalue weighted by atomic mass is 35.5. The molecule has 3 nitrogen and oxygen atoms in total. The van der Waals surface area contributed by atoms with Crippen molar-refractivity contribution in [3.63, 3.8) is 0 Å². The first kappa shape index (κ1) is 15.2. The van der Waals surface area contributed by atoms with Crippen molar-refractivity contribution in [3.05, 3.63) is 0 Å². The van der Waals surface area contributed by atoms with Crippen LogP contribution in [0.5, 0.6) is 0 Å². The summed E-state index contributed by atoms with van der Waals surface area (Å²) in [6.07, 6.45) is 4.82. The summed E-state index contributed by atoms with van der Waals surface area (Å²) in [7, 11) is -3.11. The van der Waals surface area contributed by atoms with Gasteiger partial charge in [0.2, 0.25) is 10.0 Å². The SMILES string of the molecule is CCCCCC(C)NS(=O)(=O)CCCCl. The second-order valence-electron chi connectivity index (χ2n) is 3.88. The van der Waals surface area contributed by atoms with Crippen molar-refractivity contribution in [1.82, 2.24) is 4.72 Å². The lowest BCUT2D eigenvalue weighted by molar-refractivity contribution is 0.526.